The molecule has 0 atom stereocenters. The maximum Gasteiger partial charge on any atom is 0.257 e. The molecule has 5 heterocycles. The molecule has 0 spiro atoms. The number of benzene rings is 1. The Labute approximate surface area is 254 Å². The van der Waals surface area contributed by atoms with Gasteiger partial charge in [-0.2, -0.15) is 5.10 Å². The maximum absolute atomic E-state index is 15.9. The van der Waals surface area contributed by atoms with Crippen LogP contribution in [-0.2, 0) is 24.3 Å². The van der Waals surface area contributed by atoms with Crippen molar-refractivity contribution in [1.82, 2.24) is 24.6 Å². The Bertz CT molecular complexity index is 1900. The van der Waals surface area contributed by atoms with Crippen molar-refractivity contribution in [2.75, 3.05) is 6.54 Å². The van der Waals surface area contributed by atoms with E-state index in [0.29, 0.717) is 57.7 Å². The van der Waals surface area contributed by atoms with Gasteiger partial charge >= 0.3 is 0 Å². The number of fused-ring (bicyclic) bond motifs is 2. The zero-order valence-electron chi connectivity index (χ0n) is 23.9. The van der Waals surface area contributed by atoms with E-state index in [-0.39, 0.29) is 23.3 Å². The summed E-state index contributed by atoms with van der Waals surface area (Å²) in [6, 6.07) is 5.63. The second kappa shape index (κ2) is 11.8. The minimum Gasteiger partial charge on any atom is -0.490 e. The molecule has 44 heavy (non-hydrogen) atoms. The van der Waals surface area contributed by atoms with Gasteiger partial charge in [-0.25, -0.2) is 22.5 Å². The van der Waals surface area contributed by atoms with Crippen molar-refractivity contribution in [2.24, 2.45) is 0 Å². The molecule has 6 rings (SSSR count). The monoisotopic (exact) mass is 621 g/mol. The molecule has 0 unspecified atom stereocenters. The first-order chi connectivity index (χ1) is 21.1. The smallest absolute Gasteiger partial charge is 0.257 e. The van der Waals surface area contributed by atoms with Crippen LogP contribution in [0.3, 0.4) is 0 Å². The Morgan fingerprint density at radius 2 is 1.95 bits per heavy atom. The normalized spacial score (nSPS) is 13.1. The molecule has 1 amide bonds. The highest BCUT2D eigenvalue weighted by Crippen LogP contribution is 2.47. The molecule has 1 aliphatic heterocycles. The van der Waals surface area contributed by atoms with Gasteiger partial charge in [0.2, 0.25) is 5.91 Å². The van der Waals surface area contributed by atoms with E-state index in [0.717, 1.165) is 28.1 Å². The fourth-order valence-electron chi connectivity index (χ4n) is 5.43. The summed E-state index contributed by atoms with van der Waals surface area (Å²) in [7, 11) is 0. The number of thiophene rings is 1. The fourth-order valence-corrected chi connectivity index (χ4v) is 6.37. The third-order valence-electron chi connectivity index (χ3n) is 7.27. The molecule has 226 valence electrons. The molecule has 0 N–H and O–H groups in total. The number of aromatic nitrogens is 4. The summed E-state index contributed by atoms with van der Waals surface area (Å²) in [6.07, 6.45) is 3.43. The summed E-state index contributed by atoms with van der Waals surface area (Å²) in [4.78, 5) is 23.7. The first kappa shape index (κ1) is 29.5. The summed E-state index contributed by atoms with van der Waals surface area (Å²) in [5.74, 6) is -1.80. The van der Waals surface area contributed by atoms with Crippen LogP contribution in [0.1, 0.15) is 25.1 Å². The van der Waals surface area contributed by atoms with Crippen molar-refractivity contribution in [1.29, 1.82) is 0 Å². The average molecular weight is 622 g/mol. The Morgan fingerprint density at radius 1 is 1.14 bits per heavy atom. The first-order valence-corrected chi connectivity index (χ1v) is 14.8. The van der Waals surface area contributed by atoms with Crippen molar-refractivity contribution >= 4 is 27.3 Å². The Balaban J connectivity index is 1.63. The lowest BCUT2D eigenvalue weighted by atomic mass is 9.94. The first-order valence-electron chi connectivity index (χ1n) is 13.9. The molecule has 0 bridgehead atoms. The van der Waals surface area contributed by atoms with Crippen molar-refractivity contribution < 1.29 is 27.1 Å². The lowest BCUT2D eigenvalue weighted by Gasteiger charge is -2.27. The second-order valence-corrected chi connectivity index (χ2v) is 11.6. The number of amides is 1. The van der Waals surface area contributed by atoms with Crippen LogP contribution >= 0.6 is 11.3 Å². The fraction of sp³-hybridized carbons (Fsp3) is 0.250. The van der Waals surface area contributed by atoms with Crippen LogP contribution in [0.25, 0.3) is 43.7 Å². The van der Waals surface area contributed by atoms with Crippen molar-refractivity contribution in [3.8, 4) is 39.4 Å². The topological polar surface area (TPSA) is 73.1 Å². The highest BCUT2D eigenvalue weighted by atomic mass is 32.1. The van der Waals surface area contributed by atoms with Gasteiger partial charge in [-0.1, -0.05) is 6.58 Å². The van der Waals surface area contributed by atoms with Crippen LogP contribution in [0, 0.1) is 11.6 Å². The maximum atomic E-state index is 15.9. The zero-order chi connectivity index (χ0) is 31.1. The standard InChI is InChI=1S/C32H27F4N5O2S/c1-4-27(42)40-7-5-24-19(14-40)9-18(12-37-24)31-29(28-23(34)10-21(33)11-25(28)43-17(2)3)32-22(6-8-44-32)30(39-31)20-13-38-41(15-20)16-26(35)36/h4,6,8-13,15,17,26H,1,5,7,14,16H2,2-3H3. The number of alkyl halides is 2. The van der Waals surface area contributed by atoms with Gasteiger partial charge in [0, 0.05) is 76.5 Å². The molecule has 1 aromatic carbocycles. The number of pyridine rings is 2. The van der Waals surface area contributed by atoms with E-state index in [9.17, 15) is 18.0 Å². The van der Waals surface area contributed by atoms with Gasteiger partial charge in [0.25, 0.3) is 6.43 Å². The van der Waals surface area contributed by atoms with Gasteiger partial charge < -0.3 is 9.64 Å². The number of rotatable bonds is 8. The number of hydrogen-bond donors (Lipinski definition) is 0. The summed E-state index contributed by atoms with van der Waals surface area (Å²) in [5, 5.41) is 6.55. The molecule has 12 heteroatoms. The van der Waals surface area contributed by atoms with Gasteiger partial charge in [0.05, 0.1) is 29.3 Å². The lowest BCUT2D eigenvalue weighted by molar-refractivity contribution is -0.126. The number of halogens is 4. The van der Waals surface area contributed by atoms with Crippen LogP contribution in [0.15, 0.2) is 60.9 Å². The molecule has 0 saturated carbocycles. The average Bonchev–Trinajstić information content (AvgIpc) is 3.65. The minimum atomic E-state index is -2.59. The number of hydrogen-bond acceptors (Lipinski definition) is 6. The van der Waals surface area contributed by atoms with E-state index < -0.39 is 24.6 Å². The van der Waals surface area contributed by atoms with Gasteiger partial charge in [-0.05, 0) is 43.0 Å². The summed E-state index contributed by atoms with van der Waals surface area (Å²) in [5.41, 5.74) is 3.85. The molecular weight excluding hydrogens is 594 g/mol. The van der Waals surface area contributed by atoms with E-state index >= 15 is 4.39 Å². The molecule has 0 aliphatic carbocycles. The van der Waals surface area contributed by atoms with Gasteiger partial charge in [0.15, 0.2) is 0 Å². The molecule has 0 fully saturated rings. The third-order valence-corrected chi connectivity index (χ3v) is 8.20. The van der Waals surface area contributed by atoms with Crippen LogP contribution in [0.4, 0.5) is 17.6 Å². The van der Waals surface area contributed by atoms with Crippen LogP contribution in [-0.4, -0.2) is 49.6 Å². The van der Waals surface area contributed by atoms with E-state index in [1.54, 1.807) is 24.9 Å². The van der Waals surface area contributed by atoms with Crippen LogP contribution in [0.5, 0.6) is 5.75 Å². The Hall–Kier alpha value is -4.58. The van der Waals surface area contributed by atoms with E-state index in [1.807, 2.05) is 17.5 Å². The van der Waals surface area contributed by atoms with Crippen molar-refractivity contribution in [3.05, 3.63) is 83.8 Å². The van der Waals surface area contributed by atoms with E-state index in [2.05, 4.69) is 16.7 Å². The predicted molar refractivity (Wildman–Crippen MR) is 161 cm³/mol. The van der Waals surface area contributed by atoms with E-state index in [1.165, 1.54) is 29.8 Å². The molecule has 0 saturated heterocycles. The molecule has 7 nitrogen and oxygen atoms in total. The third kappa shape index (κ3) is 5.57. The Morgan fingerprint density at radius 3 is 2.70 bits per heavy atom. The highest BCUT2D eigenvalue weighted by molar-refractivity contribution is 7.18. The largest absolute Gasteiger partial charge is 0.490 e. The minimum absolute atomic E-state index is 0.0152. The predicted octanol–water partition coefficient (Wildman–Crippen LogP) is 7.29. The van der Waals surface area contributed by atoms with Gasteiger partial charge in [-0.3, -0.25) is 14.5 Å². The molecule has 0 radical (unpaired) electrons. The van der Waals surface area contributed by atoms with Crippen molar-refractivity contribution in [3.63, 3.8) is 0 Å². The van der Waals surface area contributed by atoms with Crippen LogP contribution < -0.4 is 4.74 Å². The molecule has 5 aromatic rings. The van der Waals surface area contributed by atoms with Gasteiger partial charge in [-0.15, -0.1) is 11.3 Å². The Kier molecular flexibility index (Phi) is 7.93. The number of nitrogens with zero attached hydrogens (tertiary/aromatic N) is 5. The summed E-state index contributed by atoms with van der Waals surface area (Å²) >= 11 is 1.33. The SMILES string of the molecule is C=CC(=O)N1CCc2ncc(-c3nc(-c4cnn(CC(F)F)c4)c4ccsc4c3-c3c(F)cc(F)cc3OC(C)C)cc2C1. The quantitative estimate of drug-likeness (QED) is 0.134. The number of carbonyl (C=O) groups excluding carboxylic acids is 1. The summed E-state index contributed by atoms with van der Waals surface area (Å²) < 4.78 is 64.3. The zero-order valence-corrected chi connectivity index (χ0v) is 24.7. The molecular formula is C32H27F4N5O2S. The number of ether oxygens (including phenoxy) is 1. The highest BCUT2D eigenvalue weighted by Gasteiger charge is 2.28. The lowest BCUT2D eigenvalue weighted by Crippen LogP contribution is -2.35. The van der Waals surface area contributed by atoms with E-state index in [4.69, 9.17) is 9.72 Å². The molecule has 1 aliphatic rings. The number of carbonyl (C=O) groups is 1. The summed E-state index contributed by atoms with van der Waals surface area (Å²) in [6.45, 7) is 7.33. The van der Waals surface area contributed by atoms with Crippen molar-refractivity contribution in [2.45, 2.75) is 45.9 Å². The molecule has 4 aromatic heterocycles. The van der Waals surface area contributed by atoms with Gasteiger partial charge in [0.1, 0.15) is 23.9 Å². The second-order valence-electron chi connectivity index (χ2n) is 10.7. The van der Waals surface area contributed by atoms with Crippen LogP contribution in [0.2, 0.25) is 0 Å².